The number of aromatic amines is 1. The summed E-state index contributed by atoms with van der Waals surface area (Å²) in [6, 6.07) is 13.6. The first-order valence-electron chi connectivity index (χ1n) is 9.48. The van der Waals surface area contributed by atoms with Gasteiger partial charge in [0, 0.05) is 28.7 Å². The highest BCUT2D eigenvalue weighted by atomic mass is 32.2. The van der Waals surface area contributed by atoms with Crippen LogP contribution in [0.15, 0.2) is 52.1 Å². The van der Waals surface area contributed by atoms with Gasteiger partial charge in [-0.15, -0.1) is 10.2 Å². The van der Waals surface area contributed by atoms with Crippen LogP contribution in [-0.2, 0) is 11.3 Å². The summed E-state index contributed by atoms with van der Waals surface area (Å²) in [5.74, 6) is 1.29. The average molecular weight is 423 g/mol. The smallest absolute Gasteiger partial charge is 0.277 e. The molecule has 7 nitrogen and oxygen atoms in total. The summed E-state index contributed by atoms with van der Waals surface area (Å²) in [4.78, 5) is 15.5. The molecule has 2 aromatic carbocycles. The second-order valence-electron chi connectivity index (χ2n) is 6.93. The molecular formula is C22H22N4O3S. The van der Waals surface area contributed by atoms with E-state index in [9.17, 15) is 4.79 Å². The minimum Gasteiger partial charge on any atom is -0.497 e. The van der Waals surface area contributed by atoms with Gasteiger partial charge < -0.3 is 19.5 Å². The quantitative estimate of drug-likeness (QED) is 0.433. The SMILES string of the molecule is COc1cccc(CNC(=O)CSc2nnc(-c3ccc4[nH]c(C)c(C)c4c3)o2)c1. The number of methoxy groups -OCH3 is 1. The van der Waals surface area contributed by atoms with E-state index in [1.807, 2.05) is 42.5 Å². The molecule has 0 atom stereocenters. The Morgan fingerprint density at radius 1 is 1.20 bits per heavy atom. The maximum absolute atomic E-state index is 12.2. The van der Waals surface area contributed by atoms with E-state index in [1.165, 1.54) is 17.3 Å². The van der Waals surface area contributed by atoms with E-state index in [2.05, 4.69) is 34.3 Å². The zero-order chi connectivity index (χ0) is 21.1. The van der Waals surface area contributed by atoms with Crippen LogP contribution < -0.4 is 10.1 Å². The van der Waals surface area contributed by atoms with Gasteiger partial charge in [0.15, 0.2) is 0 Å². The number of carbonyl (C=O) groups is 1. The first kappa shape index (κ1) is 20.0. The molecule has 2 heterocycles. The molecule has 154 valence electrons. The van der Waals surface area contributed by atoms with Crippen molar-refractivity contribution < 1.29 is 13.9 Å². The van der Waals surface area contributed by atoms with Crippen LogP contribution in [-0.4, -0.2) is 34.0 Å². The molecule has 1 amide bonds. The maximum atomic E-state index is 12.2. The molecule has 0 radical (unpaired) electrons. The maximum Gasteiger partial charge on any atom is 0.277 e. The number of hydrogen-bond donors (Lipinski definition) is 2. The van der Waals surface area contributed by atoms with Gasteiger partial charge in [-0.25, -0.2) is 0 Å². The molecule has 30 heavy (non-hydrogen) atoms. The summed E-state index contributed by atoms with van der Waals surface area (Å²) < 4.78 is 10.9. The third kappa shape index (κ3) is 4.33. The Bertz CT molecular complexity index is 1200. The Balaban J connectivity index is 1.35. The van der Waals surface area contributed by atoms with Crippen molar-refractivity contribution >= 4 is 28.6 Å². The highest BCUT2D eigenvalue weighted by Gasteiger charge is 2.13. The molecular weight excluding hydrogens is 400 g/mol. The monoisotopic (exact) mass is 422 g/mol. The first-order valence-corrected chi connectivity index (χ1v) is 10.5. The van der Waals surface area contributed by atoms with E-state index in [4.69, 9.17) is 9.15 Å². The van der Waals surface area contributed by atoms with E-state index < -0.39 is 0 Å². The number of carbonyl (C=O) groups excluding carboxylic acids is 1. The number of rotatable bonds is 7. The van der Waals surface area contributed by atoms with Crippen molar-refractivity contribution in [2.24, 2.45) is 0 Å². The highest BCUT2D eigenvalue weighted by Crippen LogP contribution is 2.28. The van der Waals surface area contributed by atoms with Crippen LogP contribution in [0.5, 0.6) is 5.75 Å². The van der Waals surface area contributed by atoms with Gasteiger partial charge in [-0.05, 0) is 55.3 Å². The number of thioether (sulfide) groups is 1. The van der Waals surface area contributed by atoms with Crippen molar-refractivity contribution in [1.29, 1.82) is 0 Å². The molecule has 0 saturated carbocycles. The second-order valence-corrected chi connectivity index (χ2v) is 7.85. The minimum absolute atomic E-state index is 0.109. The molecule has 2 N–H and O–H groups in total. The zero-order valence-corrected chi connectivity index (χ0v) is 17.8. The molecule has 0 aliphatic carbocycles. The number of nitrogens with one attached hydrogen (secondary N) is 2. The van der Waals surface area contributed by atoms with E-state index in [0.29, 0.717) is 17.7 Å². The van der Waals surface area contributed by atoms with Crippen molar-refractivity contribution in [2.75, 3.05) is 12.9 Å². The topological polar surface area (TPSA) is 93.0 Å². The summed E-state index contributed by atoms with van der Waals surface area (Å²) in [6.45, 7) is 4.56. The van der Waals surface area contributed by atoms with Crippen molar-refractivity contribution in [2.45, 2.75) is 25.6 Å². The van der Waals surface area contributed by atoms with Crippen LogP contribution in [0.3, 0.4) is 0 Å². The number of benzene rings is 2. The van der Waals surface area contributed by atoms with Gasteiger partial charge >= 0.3 is 0 Å². The van der Waals surface area contributed by atoms with Crippen LogP contribution in [0.1, 0.15) is 16.8 Å². The van der Waals surface area contributed by atoms with Gasteiger partial charge in [0.25, 0.3) is 5.22 Å². The molecule has 0 bridgehead atoms. The average Bonchev–Trinajstić information content (AvgIpc) is 3.35. The summed E-state index contributed by atoms with van der Waals surface area (Å²) in [6.07, 6.45) is 0. The normalized spacial score (nSPS) is 11.0. The molecule has 2 aromatic heterocycles. The lowest BCUT2D eigenvalue weighted by atomic mass is 10.1. The fraction of sp³-hybridized carbons (Fsp3) is 0.227. The number of aryl methyl sites for hydroxylation is 2. The number of aromatic nitrogens is 3. The van der Waals surface area contributed by atoms with Crippen LogP contribution in [0, 0.1) is 13.8 Å². The number of H-pyrrole nitrogens is 1. The Morgan fingerprint density at radius 3 is 2.90 bits per heavy atom. The summed E-state index contributed by atoms with van der Waals surface area (Å²) in [7, 11) is 1.62. The van der Waals surface area contributed by atoms with Gasteiger partial charge in [0.05, 0.1) is 12.9 Å². The highest BCUT2D eigenvalue weighted by molar-refractivity contribution is 7.99. The fourth-order valence-electron chi connectivity index (χ4n) is 3.14. The zero-order valence-electron chi connectivity index (χ0n) is 17.0. The molecule has 0 fully saturated rings. The third-order valence-electron chi connectivity index (χ3n) is 4.91. The Kier molecular flexibility index (Phi) is 5.76. The molecule has 0 unspecified atom stereocenters. The van der Waals surface area contributed by atoms with Gasteiger partial charge in [0.1, 0.15) is 5.75 Å². The molecule has 0 aliphatic heterocycles. The summed E-state index contributed by atoms with van der Waals surface area (Å²) >= 11 is 1.21. The van der Waals surface area contributed by atoms with Crippen molar-refractivity contribution in [3.05, 3.63) is 59.3 Å². The lowest BCUT2D eigenvalue weighted by Gasteiger charge is -2.06. The van der Waals surface area contributed by atoms with Crippen molar-refractivity contribution in [3.63, 3.8) is 0 Å². The van der Waals surface area contributed by atoms with Crippen LogP contribution in [0.2, 0.25) is 0 Å². The molecule has 8 heteroatoms. The minimum atomic E-state index is -0.109. The molecule has 0 spiro atoms. The van der Waals surface area contributed by atoms with Crippen molar-refractivity contribution in [1.82, 2.24) is 20.5 Å². The number of nitrogens with zero attached hydrogens (tertiary/aromatic N) is 2. The third-order valence-corrected chi connectivity index (χ3v) is 5.73. The standard InChI is InChI=1S/C22H22N4O3S/c1-13-14(2)24-19-8-7-16(10-18(13)19)21-25-26-22(29-21)30-12-20(27)23-11-15-5-4-6-17(9-15)28-3/h4-10,24H,11-12H2,1-3H3,(H,23,27). The molecule has 0 saturated heterocycles. The molecule has 4 rings (SSSR count). The van der Waals surface area contributed by atoms with E-state index >= 15 is 0 Å². The second kappa shape index (κ2) is 8.62. The van der Waals surface area contributed by atoms with E-state index in [-0.39, 0.29) is 11.7 Å². The lowest BCUT2D eigenvalue weighted by molar-refractivity contribution is -0.118. The summed E-state index contributed by atoms with van der Waals surface area (Å²) in [5.41, 5.74) is 5.25. The number of ether oxygens (including phenoxy) is 1. The van der Waals surface area contributed by atoms with Crippen molar-refractivity contribution in [3.8, 4) is 17.2 Å². The molecule has 4 aromatic rings. The Labute approximate surface area is 178 Å². The predicted molar refractivity (Wildman–Crippen MR) is 117 cm³/mol. The van der Waals surface area contributed by atoms with Crippen LogP contribution in [0.4, 0.5) is 0 Å². The Morgan fingerprint density at radius 2 is 2.07 bits per heavy atom. The van der Waals surface area contributed by atoms with E-state index in [0.717, 1.165) is 33.5 Å². The van der Waals surface area contributed by atoms with Gasteiger partial charge in [-0.2, -0.15) is 0 Å². The van der Waals surface area contributed by atoms with Gasteiger partial charge in [-0.3, -0.25) is 4.79 Å². The van der Waals surface area contributed by atoms with Gasteiger partial charge in [0.2, 0.25) is 11.8 Å². The fourth-order valence-corrected chi connectivity index (χ4v) is 3.73. The Hall–Kier alpha value is -3.26. The van der Waals surface area contributed by atoms with E-state index in [1.54, 1.807) is 7.11 Å². The number of hydrogen-bond acceptors (Lipinski definition) is 6. The first-order chi connectivity index (χ1) is 14.5. The lowest BCUT2D eigenvalue weighted by Crippen LogP contribution is -2.24. The largest absolute Gasteiger partial charge is 0.497 e. The summed E-state index contributed by atoms with van der Waals surface area (Å²) in [5, 5.41) is 12.6. The predicted octanol–water partition coefficient (Wildman–Crippen LogP) is 4.25. The molecule has 0 aliphatic rings. The number of fused-ring (bicyclic) bond motifs is 1. The van der Waals surface area contributed by atoms with Gasteiger partial charge in [-0.1, -0.05) is 23.9 Å². The number of amides is 1. The van der Waals surface area contributed by atoms with Crippen LogP contribution >= 0.6 is 11.8 Å². The van der Waals surface area contributed by atoms with Crippen LogP contribution in [0.25, 0.3) is 22.4 Å².